The van der Waals surface area contributed by atoms with Gasteiger partial charge < -0.3 is 40.0 Å². The van der Waals surface area contributed by atoms with Crippen LogP contribution >= 0.6 is 0 Å². The number of Topliss-reactive ketones (excluding diaryl/α,β-unsaturated/α-hetero) is 2. The number of carbonyl (C=O) groups is 4. The predicted molar refractivity (Wildman–Crippen MR) is 197 cm³/mol. The number of anilines is 2. The Balaban J connectivity index is 1.06. The van der Waals surface area contributed by atoms with Crippen molar-refractivity contribution in [2.45, 2.75) is 25.9 Å². The van der Waals surface area contributed by atoms with Crippen molar-refractivity contribution in [2.75, 3.05) is 23.8 Å². The maximum Gasteiger partial charge on any atom is 0.323 e. The number of aromatic nitrogens is 4. The molecule has 6 rings (SSSR count). The van der Waals surface area contributed by atoms with Crippen molar-refractivity contribution < 1.29 is 28.7 Å². The SMILES string of the molecule is CC(=O)[C@H](N=Nc1ccccc1OCCOc1ccccc1N=N[C@@H](C(C)=O)C(=O)Nc1ccc2[nH]c(=O)[nH]c2c1)C(=O)Nc1ccc2[nH]c(=O)[nH]c2c1. The van der Waals surface area contributed by atoms with Crippen LogP contribution in [0.15, 0.2) is 115 Å². The standard InChI is InChI=1S/C36H32N10O8/c1-19(47)31(33(49)37-21-11-13-23-27(17-21)41-35(51)39-23)45-43-25-7-3-5-9-29(25)53-15-16-54-30-10-6-4-8-26(30)44-46-32(20(2)48)34(50)38-22-12-14-24-28(18-22)42-36(52)40-24/h3-14,17-18,31-32H,15-16H2,1-2H3,(H,37,49)(H,38,50)(H2,39,41,51)(H2,40,42,52)/t31-,32-/m0/s1. The van der Waals surface area contributed by atoms with E-state index < -0.39 is 46.8 Å². The van der Waals surface area contributed by atoms with Crippen LogP contribution in [-0.2, 0) is 19.2 Å². The third-order valence-corrected chi connectivity index (χ3v) is 7.72. The number of hydrogen-bond donors (Lipinski definition) is 6. The summed E-state index contributed by atoms with van der Waals surface area (Å²) in [5.74, 6) is -1.90. The number of amides is 2. The van der Waals surface area contributed by atoms with Crippen LogP contribution in [0.25, 0.3) is 22.1 Å². The number of hydrogen-bond acceptors (Lipinski definition) is 12. The van der Waals surface area contributed by atoms with E-state index in [1.165, 1.54) is 13.8 Å². The highest BCUT2D eigenvalue weighted by Gasteiger charge is 2.25. The van der Waals surface area contributed by atoms with Crippen molar-refractivity contribution in [1.82, 2.24) is 19.9 Å². The zero-order chi connectivity index (χ0) is 38.2. The quantitative estimate of drug-likeness (QED) is 0.0482. The average Bonchev–Trinajstić information content (AvgIpc) is 3.70. The Kier molecular flexibility index (Phi) is 10.9. The summed E-state index contributed by atoms with van der Waals surface area (Å²) in [5.41, 5.74) is 2.50. The molecule has 0 unspecified atom stereocenters. The lowest BCUT2D eigenvalue weighted by molar-refractivity contribution is -0.127. The summed E-state index contributed by atoms with van der Waals surface area (Å²) in [6.07, 6.45) is 0. The third-order valence-electron chi connectivity index (χ3n) is 7.72. The first-order valence-electron chi connectivity index (χ1n) is 16.4. The van der Waals surface area contributed by atoms with Crippen molar-refractivity contribution in [3.63, 3.8) is 0 Å². The van der Waals surface area contributed by atoms with Crippen molar-refractivity contribution in [3.8, 4) is 11.5 Å². The Hall–Kier alpha value is -7.50. The highest BCUT2D eigenvalue weighted by Crippen LogP contribution is 2.30. The Morgan fingerprint density at radius 1 is 0.574 bits per heavy atom. The van der Waals surface area contributed by atoms with Crippen molar-refractivity contribution >= 4 is 68.2 Å². The number of ether oxygens (including phenoxy) is 2. The maximum absolute atomic E-state index is 13.0. The fraction of sp³-hybridized carbons (Fsp3) is 0.167. The zero-order valence-corrected chi connectivity index (χ0v) is 28.7. The molecule has 18 nitrogen and oxygen atoms in total. The molecule has 0 fully saturated rings. The van der Waals surface area contributed by atoms with Gasteiger partial charge in [0, 0.05) is 11.4 Å². The topological polar surface area (TPSA) is 258 Å². The maximum atomic E-state index is 13.0. The molecule has 6 aromatic rings. The minimum atomic E-state index is -1.46. The Morgan fingerprint density at radius 3 is 1.37 bits per heavy atom. The summed E-state index contributed by atoms with van der Waals surface area (Å²) in [7, 11) is 0. The van der Waals surface area contributed by atoms with Gasteiger partial charge in [0.1, 0.15) is 36.1 Å². The molecular weight excluding hydrogens is 700 g/mol. The van der Waals surface area contributed by atoms with Crippen LogP contribution in [0.1, 0.15) is 13.8 Å². The van der Waals surface area contributed by atoms with Gasteiger partial charge in [-0.25, -0.2) is 9.59 Å². The average molecular weight is 733 g/mol. The van der Waals surface area contributed by atoms with E-state index in [0.29, 0.717) is 44.9 Å². The van der Waals surface area contributed by atoms with Gasteiger partial charge in [0.05, 0.1) is 22.1 Å². The van der Waals surface area contributed by atoms with Gasteiger partial charge in [-0.15, -0.1) is 0 Å². The first-order chi connectivity index (χ1) is 26.0. The molecule has 18 heteroatoms. The number of aromatic amines is 4. The fourth-order valence-electron chi connectivity index (χ4n) is 5.15. The number of H-pyrrole nitrogens is 4. The second-order valence-electron chi connectivity index (χ2n) is 11.7. The first kappa shape index (κ1) is 36.3. The molecule has 0 aliphatic carbocycles. The van der Waals surface area contributed by atoms with E-state index in [1.54, 1.807) is 84.9 Å². The van der Waals surface area contributed by atoms with Gasteiger partial charge in [-0.1, -0.05) is 24.3 Å². The number of rotatable bonds is 15. The summed E-state index contributed by atoms with van der Waals surface area (Å²) in [6, 6.07) is 19.8. The number of nitrogens with zero attached hydrogens (tertiary/aromatic N) is 4. The van der Waals surface area contributed by atoms with Gasteiger partial charge in [-0.2, -0.15) is 20.5 Å². The molecule has 0 saturated heterocycles. The largest absolute Gasteiger partial charge is 0.488 e. The van der Waals surface area contributed by atoms with Gasteiger partial charge in [0.25, 0.3) is 11.8 Å². The summed E-state index contributed by atoms with van der Waals surface area (Å²) >= 11 is 0. The predicted octanol–water partition coefficient (Wildman–Crippen LogP) is 4.84. The smallest absolute Gasteiger partial charge is 0.323 e. The van der Waals surface area contributed by atoms with Gasteiger partial charge in [0.2, 0.25) is 12.1 Å². The van der Waals surface area contributed by atoms with Crippen LogP contribution in [-0.4, -0.2) is 68.6 Å². The number of nitrogens with one attached hydrogen (secondary N) is 6. The van der Waals surface area contributed by atoms with Crippen LogP contribution in [0.4, 0.5) is 22.7 Å². The minimum absolute atomic E-state index is 0.0353. The Bertz CT molecular complexity index is 2370. The molecule has 274 valence electrons. The number of azo groups is 2. The normalized spacial score (nSPS) is 12.6. The number of imidazole rings is 2. The fourth-order valence-corrected chi connectivity index (χ4v) is 5.15. The molecule has 0 aliphatic rings. The number of carbonyl (C=O) groups excluding carboxylic acids is 4. The molecule has 0 radical (unpaired) electrons. The van der Waals surface area contributed by atoms with Crippen molar-refractivity contribution in [2.24, 2.45) is 20.5 Å². The van der Waals surface area contributed by atoms with Crippen LogP contribution in [0.3, 0.4) is 0 Å². The highest BCUT2D eigenvalue weighted by molar-refractivity contribution is 6.11. The van der Waals surface area contributed by atoms with Crippen LogP contribution < -0.4 is 31.5 Å². The molecule has 4 aromatic carbocycles. The number of ketones is 2. The molecular formula is C36H32N10O8. The van der Waals surface area contributed by atoms with E-state index in [1.807, 2.05) is 0 Å². The Morgan fingerprint density at radius 2 is 0.963 bits per heavy atom. The van der Waals surface area contributed by atoms with Gasteiger partial charge in [-0.05, 0) is 74.5 Å². The van der Waals surface area contributed by atoms with Gasteiger partial charge in [0.15, 0.2) is 11.6 Å². The lowest BCUT2D eigenvalue weighted by Crippen LogP contribution is -2.31. The van der Waals surface area contributed by atoms with E-state index >= 15 is 0 Å². The monoisotopic (exact) mass is 732 g/mol. The third kappa shape index (κ3) is 8.86. The summed E-state index contributed by atoms with van der Waals surface area (Å²) in [6.45, 7) is 2.51. The van der Waals surface area contributed by atoms with Gasteiger partial charge in [-0.3, -0.25) is 19.2 Å². The molecule has 0 bridgehead atoms. The van der Waals surface area contributed by atoms with E-state index in [-0.39, 0.29) is 24.6 Å². The summed E-state index contributed by atoms with van der Waals surface area (Å²) in [5, 5.41) is 21.5. The van der Waals surface area contributed by atoms with E-state index in [9.17, 15) is 28.8 Å². The lowest BCUT2D eigenvalue weighted by Gasteiger charge is -2.12. The molecule has 0 spiro atoms. The van der Waals surface area contributed by atoms with Crippen molar-refractivity contribution in [3.05, 3.63) is 106 Å². The first-order valence-corrected chi connectivity index (χ1v) is 16.4. The van der Waals surface area contributed by atoms with E-state index in [4.69, 9.17) is 9.47 Å². The number of para-hydroxylation sites is 2. The summed E-state index contributed by atoms with van der Waals surface area (Å²) in [4.78, 5) is 84.2. The molecule has 6 N–H and O–H groups in total. The second kappa shape index (κ2) is 16.2. The number of benzene rings is 4. The summed E-state index contributed by atoms with van der Waals surface area (Å²) < 4.78 is 11.7. The van der Waals surface area contributed by atoms with E-state index in [0.717, 1.165) is 0 Å². The Labute approximate surface area is 304 Å². The molecule has 0 aliphatic heterocycles. The lowest BCUT2D eigenvalue weighted by atomic mass is 10.2. The molecule has 2 atom stereocenters. The zero-order valence-electron chi connectivity index (χ0n) is 28.7. The second-order valence-corrected chi connectivity index (χ2v) is 11.7. The molecule has 0 saturated carbocycles. The highest BCUT2D eigenvalue weighted by atomic mass is 16.5. The van der Waals surface area contributed by atoms with Crippen LogP contribution in [0.2, 0.25) is 0 Å². The molecule has 2 amide bonds. The van der Waals surface area contributed by atoms with Crippen LogP contribution in [0.5, 0.6) is 11.5 Å². The number of fused-ring (bicyclic) bond motifs is 2. The molecule has 2 heterocycles. The van der Waals surface area contributed by atoms with Gasteiger partial charge >= 0.3 is 11.4 Å². The minimum Gasteiger partial charge on any atom is -0.488 e. The van der Waals surface area contributed by atoms with Crippen molar-refractivity contribution in [1.29, 1.82) is 0 Å². The molecule has 2 aromatic heterocycles. The van der Waals surface area contributed by atoms with E-state index in [2.05, 4.69) is 51.0 Å². The van der Waals surface area contributed by atoms with Crippen LogP contribution in [0, 0.1) is 0 Å². The molecule has 54 heavy (non-hydrogen) atoms.